The van der Waals surface area contributed by atoms with Crippen molar-refractivity contribution < 1.29 is 19.1 Å². The Hall–Kier alpha value is -2.66. The summed E-state index contributed by atoms with van der Waals surface area (Å²) in [5.74, 6) is -0.901. The standard InChI is InChI=1S/C20H23NO4/c1-13-8-14(2)19(15(3)9-13)21-18(22)12-25-20(23)17-7-5-6-16(10-17)11-24-4/h5-10H,11-12H2,1-4H3,(H,21,22). The smallest absolute Gasteiger partial charge is 0.338 e. The van der Waals surface area contributed by atoms with Gasteiger partial charge in [-0.25, -0.2) is 4.79 Å². The number of carbonyl (C=O) groups excluding carboxylic acids is 2. The Bertz CT molecular complexity index is 760. The first kappa shape index (κ1) is 18.7. The van der Waals surface area contributed by atoms with Gasteiger partial charge in [-0.3, -0.25) is 4.79 Å². The van der Waals surface area contributed by atoms with E-state index >= 15 is 0 Å². The molecule has 25 heavy (non-hydrogen) atoms. The van der Waals surface area contributed by atoms with Crippen LogP contribution in [0.3, 0.4) is 0 Å². The molecule has 0 heterocycles. The zero-order valence-corrected chi connectivity index (χ0v) is 15.0. The van der Waals surface area contributed by atoms with Crippen LogP contribution in [0, 0.1) is 20.8 Å². The summed E-state index contributed by atoms with van der Waals surface area (Å²) in [5.41, 5.74) is 5.11. The lowest BCUT2D eigenvalue weighted by Crippen LogP contribution is -2.22. The van der Waals surface area contributed by atoms with Crippen LogP contribution in [0.4, 0.5) is 5.69 Å². The third-order valence-electron chi connectivity index (χ3n) is 3.75. The van der Waals surface area contributed by atoms with Crippen LogP contribution in [0.2, 0.25) is 0 Å². The zero-order valence-electron chi connectivity index (χ0n) is 15.0. The molecule has 0 saturated heterocycles. The van der Waals surface area contributed by atoms with Crippen LogP contribution in [0.25, 0.3) is 0 Å². The zero-order chi connectivity index (χ0) is 18.4. The van der Waals surface area contributed by atoms with Crippen LogP contribution in [0.1, 0.15) is 32.6 Å². The third-order valence-corrected chi connectivity index (χ3v) is 3.75. The van der Waals surface area contributed by atoms with E-state index in [0.717, 1.165) is 27.9 Å². The highest BCUT2D eigenvalue weighted by Gasteiger charge is 2.13. The van der Waals surface area contributed by atoms with Gasteiger partial charge in [0.05, 0.1) is 12.2 Å². The number of methoxy groups -OCH3 is 1. The van der Waals surface area contributed by atoms with Gasteiger partial charge in [0.2, 0.25) is 0 Å². The van der Waals surface area contributed by atoms with Gasteiger partial charge in [-0.15, -0.1) is 0 Å². The van der Waals surface area contributed by atoms with Crippen molar-refractivity contribution in [3.05, 3.63) is 64.2 Å². The lowest BCUT2D eigenvalue weighted by atomic mass is 10.1. The highest BCUT2D eigenvalue weighted by atomic mass is 16.5. The van der Waals surface area contributed by atoms with Crippen LogP contribution in [-0.4, -0.2) is 25.6 Å². The van der Waals surface area contributed by atoms with Gasteiger partial charge in [0, 0.05) is 12.8 Å². The second kappa shape index (κ2) is 8.44. The number of esters is 1. The SMILES string of the molecule is COCc1cccc(C(=O)OCC(=O)Nc2c(C)cc(C)cc2C)c1. The maximum Gasteiger partial charge on any atom is 0.338 e. The van der Waals surface area contributed by atoms with Crippen LogP contribution in [0.5, 0.6) is 0 Å². The Kier molecular flexibility index (Phi) is 6.31. The molecular formula is C20H23NO4. The van der Waals surface area contributed by atoms with E-state index < -0.39 is 5.97 Å². The molecule has 2 rings (SSSR count). The molecule has 0 aliphatic carbocycles. The fourth-order valence-corrected chi connectivity index (χ4v) is 2.72. The fraction of sp³-hybridized carbons (Fsp3) is 0.300. The summed E-state index contributed by atoms with van der Waals surface area (Å²) in [6, 6.07) is 10.9. The van der Waals surface area contributed by atoms with Crippen LogP contribution in [-0.2, 0) is 20.9 Å². The van der Waals surface area contributed by atoms with Gasteiger partial charge < -0.3 is 14.8 Å². The Morgan fingerprint density at radius 1 is 1.04 bits per heavy atom. The number of anilines is 1. The largest absolute Gasteiger partial charge is 0.452 e. The molecule has 0 aromatic heterocycles. The Morgan fingerprint density at radius 3 is 2.36 bits per heavy atom. The monoisotopic (exact) mass is 341 g/mol. The number of nitrogens with one attached hydrogen (secondary N) is 1. The topological polar surface area (TPSA) is 64.6 Å². The predicted molar refractivity (Wildman–Crippen MR) is 96.7 cm³/mol. The molecule has 1 N–H and O–H groups in total. The van der Waals surface area contributed by atoms with Crippen molar-refractivity contribution in [2.75, 3.05) is 19.0 Å². The molecule has 0 unspecified atom stereocenters. The van der Waals surface area contributed by atoms with E-state index in [-0.39, 0.29) is 12.5 Å². The molecule has 1 amide bonds. The van der Waals surface area contributed by atoms with Gasteiger partial charge in [-0.2, -0.15) is 0 Å². The summed E-state index contributed by atoms with van der Waals surface area (Å²) in [4.78, 5) is 24.2. The highest BCUT2D eigenvalue weighted by Crippen LogP contribution is 2.21. The maximum atomic E-state index is 12.1. The van der Waals surface area contributed by atoms with Gasteiger partial charge in [-0.05, 0) is 49.6 Å². The number of carbonyl (C=O) groups is 2. The minimum Gasteiger partial charge on any atom is -0.452 e. The molecule has 0 saturated carbocycles. The molecule has 2 aromatic carbocycles. The lowest BCUT2D eigenvalue weighted by Gasteiger charge is -2.13. The molecule has 0 fully saturated rings. The number of aryl methyl sites for hydroxylation is 3. The molecular weight excluding hydrogens is 318 g/mol. The lowest BCUT2D eigenvalue weighted by molar-refractivity contribution is -0.119. The fourth-order valence-electron chi connectivity index (χ4n) is 2.72. The normalized spacial score (nSPS) is 10.4. The first-order chi connectivity index (χ1) is 11.9. The van der Waals surface area contributed by atoms with Crippen molar-refractivity contribution in [2.24, 2.45) is 0 Å². The van der Waals surface area contributed by atoms with Crippen molar-refractivity contribution in [1.29, 1.82) is 0 Å². The number of hydrogen-bond donors (Lipinski definition) is 1. The summed E-state index contributed by atoms with van der Waals surface area (Å²) >= 11 is 0. The van der Waals surface area contributed by atoms with Gasteiger partial charge in [0.15, 0.2) is 6.61 Å². The van der Waals surface area contributed by atoms with E-state index in [1.54, 1.807) is 25.3 Å². The van der Waals surface area contributed by atoms with Crippen molar-refractivity contribution in [3.63, 3.8) is 0 Å². The second-order valence-electron chi connectivity index (χ2n) is 6.03. The van der Waals surface area contributed by atoms with E-state index in [2.05, 4.69) is 5.32 Å². The van der Waals surface area contributed by atoms with E-state index in [1.807, 2.05) is 39.0 Å². The van der Waals surface area contributed by atoms with E-state index in [9.17, 15) is 9.59 Å². The van der Waals surface area contributed by atoms with Crippen LogP contribution < -0.4 is 5.32 Å². The first-order valence-electron chi connectivity index (χ1n) is 8.03. The number of ether oxygens (including phenoxy) is 2. The van der Waals surface area contributed by atoms with Crippen molar-refractivity contribution >= 4 is 17.6 Å². The van der Waals surface area contributed by atoms with Crippen LogP contribution >= 0.6 is 0 Å². The molecule has 0 aliphatic heterocycles. The van der Waals surface area contributed by atoms with Gasteiger partial charge in [0.1, 0.15) is 0 Å². The van der Waals surface area contributed by atoms with Crippen molar-refractivity contribution in [3.8, 4) is 0 Å². The molecule has 0 radical (unpaired) electrons. The molecule has 2 aromatic rings. The molecule has 0 spiro atoms. The summed E-state index contributed by atoms with van der Waals surface area (Å²) in [5, 5.41) is 2.81. The number of benzene rings is 2. The predicted octanol–water partition coefficient (Wildman–Crippen LogP) is 3.55. The van der Waals surface area contributed by atoms with Gasteiger partial charge in [-0.1, -0.05) is 29.8 Å². The first-order valence-corrected chi connectivity index (χ1v) is 8.03. The Labute approximate surface area is 148 Å². The number of rotatable bonds is 6. The van der Waals surface area contributed by atoms with Crippen molar-refractivity contribution in [2.45, 2.75) is 27.4 Å². The molecule has 5 heteroatoms. The van der Waals surface area contributed by atoms with Gasteiger partial charge in [0.25, 0.3) is 5.91 Å². The Balaban J connectivity index is 1.96. The van der Waals surface area contributed by atoms with E-state index in [4.69, 9.17) is 9.47 Å². The number of hydrogen-bond acceptors (Lipinski definition) is 4. The maximum absolute atomic E-state index is 12.1. The summed E-state index contributed by atoms with van der Waals surface area (Å²) in [6.07, 6.45) is 0. The van der Waals surface area contributed by atoms with Gasteiger partial charge >= 0.3 is 5.97 Å². The van der Waals surface area contributed by atoms with E-state index in [0.29, 0.717) is 12.2 Å². The molecule has 0 aliphatic rings. The summed E-state index contributed by atoms with van der Waals surface area (Å²) in [6.45, 7) is 5.95. The molecule has 0 atom stereocenters. The van der Waals surface area contributed by atoms with Crippen LogP contribution in [0.15, 0.2) is 36.4 Å². The minimum absolute atomic E-state index is 0.333. The average Bonchev–Trinajstić information content (AvgIpc) is 2.56. The van der Waals surface area contributed by atoms with E-state index in [1.165, 1.54) is 0 Å². The highest BCUT2D eigenvalue weighted by molar-refractivity contribution is 5.96. The van der Waals surface area contributed by atoms with Crippen molar-refractivity contribution in [1.82, 2.24) is 0 Å². The number of amides is 1. The molecule has 132 valence electrons. The summed E-state index contributed by atoms with van der Waals surface area (Å²) < 4.78 is 10.1. The second-order valence-corrected chi connectivity index (χ2v) is 6.03. The third kappa shape index (κ3) is 5.16. The average molecular weight is 341 g/mol. The summed E-state index contributed by atoms with van der Waals surface area (Å²) in [7, 11) is 1.59. The molecule has 0 bridgehead atoms. The quantitative estimate of drug-likeness (QED) is 0.816. The molecule has 5 nitrogen and oxygen atoms in total. The Morgan fingerprint density at radius 2 is 1.72 bits per heavy atom. The minimum atomic E-state index is -0.537.